The van der Waals surface area contributed by atoms with Crippen LogP contribution in [0.2, 0.25) is 0 Å². The molecular weight excluding hydrogens is 319 g/mol. The van der Waals surface area contributed by atoms with Crippen LogP contribution in [0.1, 0.15) is 6.92 Å². The van der Waals surface area contributed by atoms with Gasteiger partial charge in [0.25, 0.3) is 0 Å². The molecule has 0 aliphatic heterocycles. The lowest BCUT2D eigenvalue weighted by atomic mass is 10.1. The number of tetrazole rings is 1. The third-order valence-corrected chi connectivity index (χ3v) is 3.40. The molecule has 0 spiro atoms. The summed E-state index contributed by atoms with van der Waals surface area (Å²) in [6.07, 6.45) is 0. The number of halogens is 2. The van der Waals surface area contributed by atoms with Gasteiger partial charge in [0.15, 0.2) is 5.82 Å². The van der Waals surface area contributed by atoms with Gasteiger partial charge in [-0.25, -0.2) is 9.07 Å². The van der Waals surface area contributed by atoms with E-state index in [-0.39, 0.29) is 11.0 Å². The van der Waals surface area contributed by atoms with Crippen molar-refractivity contribution in [2.24, 2.45) is 5.92 Å². The molecule has 8 heteroatoms. The molecule has 0 radical (unpaired) electrons. The zero-order valence-electron chi connectivity index (χ0n) is 9.92. The van der Waals surface area contributed by atoms with Gasteiger partial charge in [-0.15, -0.1) is 5.10 Å². The molecule has 0 amide bonds. The quantitative estimate of drug-likeness (QED) is 0.927. The largest absolute Gasteiger partial charge is 0.481 e. The van der Waals surface area contributed by atoms with Crippen LogP contribution in [0.25, 0.3) is 11.4 Å². The van der Waals surface area contributed by atoms with E-state index in [0.29, 0.717) is 11.4 Å². The summed E-state index contributed by atoms with van der Waals surface area (Å²) in [5, 5.41) is 19.9. The number of aliphatic carboxylic acids is 1. The second-order valence-electron chi connectivity index (χ2n) is 4.03. The monoisotopic (exact) mass is 328 g/mol. The standard InChI is InChI=1S/C11H10BrFN4O2/c1-6(11(18)19)5-17-10(14-15-16-17)7-3-2-4-8(13)9(7)12/h2-4,6H,5H2,1H3,(H,18,19). The van der Waals surface area contributed by atoms with Crippen LogP contribution in [0.4, 0.5) is 4.39 Å². The molecule has 2 rings (SSSR count). The van der Waals surface area contributed by atoms with Gasteiger partial charge in [0.2, 0.25) is 0 Å². The Morgan fingerprint density at radius 3 is 3.00 bits per heavy atom. The van der Waals surface area contributed by atoms with Crippen molar-refractivity contribution in [1.29, 1.82) is 0 Å². The minimum absolute atomic E-state index is 0.112. The fourth-order valence-corrected chi connectivity index (χ4v) is 1.98. The summed E-state index contributed by atoms with van der Waals surface area (Å²) in [7, 11) is 0. The number of carboxylic acid groups (broad SMARTS) is 1. The Bertz CT molecular complexity index is 616. The highest BCUT2D eigenvalue weighted by atomic mass is 79.9. The van der Waals surface area contributed by atoms with E-state index < -0.39 is 17.7 Å². The predicted octanol–water partition coefficient (Wildman–Crippen LogP) is 1.96. The molecule has 100 valence electrons. The minimum Gasteiger partial charge on any atom is -0.481 e. The van der Waals surface area contributed by atoms with Gasteiger partial charge in [0.1, 0.15) is 5.82 Å². The molecule has 2 aromatic rings. The van der Waals surface area contributed by atoms with Crippen molar-refractivity contribution >= 4 is 21.9 Å². The Morgan fingerprint density at radius 2 is 2.32 bits per heavy atom. The normalized spacial score (nSPS) is 12.4. The van der Waals surface area contributed by atoms with E-state index in [1.54, 1.807) is 13.0 Å². The van der Waals surface area contributed by atoms with Crippen LogP contribution < -0.4 is 0 Å². The highest BCUT2D eigenvalue weighted by molar-refractivity contribution is 9.10. The van der Waals surface area contributed by atoms with Crippen LogP contribution in [-0.4, -0.2) is 31.3 Å². The van der Waals surface area contributed by atoms with Crippen molar-refractivity contribution in [3.05, 3.63) is 28.5 Å². The van der Waals surface area contributed by atoms with Crippen LogP contribution in [-0.2, 0) is 11.3 Å². The lowest BCUT2D eigenvalue weighted by Crippen LogP contribution is -2.18. The smallest absolute Gasteiger partial charge is 0.308 e. The average molecular weight is 329 g/mol. The second kappa shape index (κ2) is 5.43. The summed E-state index contributed by atoms with van der Waals surface area (Å²) in [6.45, 7) is 1.66. The molecule has 0 aliphatic rings. The third kappa shape index (κ3) is 2.78. The maximum atomic E-state index is 13.5. The first-order valence-electron chi connectivity index (χ1n) is 5.44. The summed E-state index contributed by atoms with van der Waals surface area (Å²) < 4.78 is 15.1. The molecule has 19 heavy (non-hydrogen) atoms. The van der Waals surface area contributed by atoms with Gasteiger partial charge in [-0.2, -0.15) is 0 Å². The first kappa shape index (κ1) is 13.6. The SMILES string of the molecule is CC(Cn1nnnc1-c1cccc(F)c1Br)C(=O)O. The van der Waals surface area contributed by atoms with Crippen LogP contribution in [0.15, 0.2) is 22.7 Å². The van der Waals surface area contributed by atoms with Crippen LogP contribution in [0.5, 0.6) is 0 Å². The van der Waals surface area contributed by atoms with Crippen LogP contribution in [0, 0.1) is 11.7 Å². The Labute approximate surface area is 116 Å². The zero-order chi connectivity index (χ0) is 14.0. The van der Waals surface area contributed by atoms with Gasteiger partial charge in [-0.3, -0.25) is 4.79 Å². The molecule has 6 nitrogen and oxygen atoms in total. The summed E-state index contributed by atoms with van der Waals surface area (Å²) in [4.78, 5) is 10.8. The molecule has 1 aromatic carbocycles. The van der Waals surface area contributed by atoms with Crippen molar-refractivity contribution in [3.8, 4) is 11.4 Å². The Morgan fingerprint density at radius 1 is 1.58 bits per heavy atom. The number of aromatic nitrogens is 4. The molecule has 1 heterocycles. The first-order valence-corrected chi connectivity index (χ1v) is 6.23. The van der Waals surface area contributed by atoms with Gasteiger partial charge in [-0.05, 0) is 38.5 Å². The summed E-state index contributed by atoms with van der Waals surface area (Å²) in [5.74, 6) is -1.70. The number of carbonyl (C=O) groups is 1. The van der Waals surface area contributed by atoms with Crippen LogP contribution in [0.3, 0.4) is 0 Å². The second-order valence-corrected chi connectivity index (χ2v) is 4.82. The van der Waals surface area contributed by atoms with Gasteiger partial charge in [0, 0.05) is 5.56 Å². The van der Waals surface area contributed by atoms with E-state index in [2.05, 4.69) is 31.5 Å². The van der Waals surface area contributed by atoms with Gasteiger partial charge in [-0.1, -0.05) is 13.0 Å². The summed E-state index contributed by atoms with van der Waals surface area (Å²) >= 11 is 3.13. The van der Waals surface area contributed by atoms with Crippen LogP contribution >= 0.6 is 15.9 Å². The number of carboxylic acids is 1. The van der Waals surface area contributed by atoms with E-state index in [0.717, 1.165) is 0 Å². The Balaban J connectivity index is 2.39. The van der Waals surface area contributed by atoms with E-state index in [1.165, 1.54) is 16.8 Å². The average Bonchev–Trinajstić information content (AvgIpc) is 2.80. The number of nitrogens with zero attached hydrogens (tertiary/aromatic N) is 4. The lowest BCUT2D eigenvalue weighted by molar-refractivity contribution is -0.141. The van der Waals surface area contributed by atoms with Gasteiger partial charge < -0.3 is 5.11 Å². The molecule has 1 N–H and O–H groups in total. The zero-order valence-corrected chi connectivity index (χ0v) is 11.5. The molecule has 0 fully saturated rings. The van der Waals surface area contributed by atoms with Crippen molar-refractivity contribution in [2.75, 3.05) is 0 Å². The van der Waals surface area contributed by atoms with Gasteiger partial charge in [0.05, 0.1) is 16.9 Å². The summed E-state index contributed by atoms with van der Waals surface area (Å²) in [5.41, 5.74) is 0.475. The van der Waals surface area contributed by atoms with Crippen molar-refractivity contribution in [1.82, 2.24) is 20.2 Å². The highest BCUT2D eigenvalue weighted by Gasteiger charge is 2.18. The Kier molecular flexibility index (Phi) is 3.89. The molecule has 1 aromatic heterocycles. The molecule has 1 unspecified atom stereocenters. The minimum atomic E-state index is -0.945. The van der Waals surface area contributed by atoms with Gasteiger partial charge >= 0.3 is 5.97 Å². The van der Waals surface area contributed by atoms with E-state index in [4.69, 9.17) is 5.11 Å². The molecule has 0 saturated carbocycles. The summed E-state index contributed by atoms with van der Waals surface area (Å²) in [6, 6.07) is 4.50. The van der Waals surface area contributed by atoms with E-state index in [9.17, 15) is 9.18 Å². The predicted molar refractivity (Wildman–Crippen MR) is 67.7 cm³/mol. The molecular formula is C11H10BrFN4O2. The molecule has 0 aliphatic carbocycles. The van der Waals surface area contributed by atoms with Crippen molar-refractivity contribution in [2.45, 2.75) is 13.5 Å². The number of hydrogen-bond acceptors (Lipinski definition) is 4. The highest BCUT2D eigenvalue weighted by Crippen LogP contribution is 2.28. The van der Waals surface area contributed by atoms with E-state index in [1.807, 2.05) is 0 Å². The Hall–Kier alpha value is -1.83. The maximum Gasteiger partial charge on any atom is 0.308 e. The first-order chi connectivity index (χ1) is 9.00. The van der Waals surface area contributed by atoms with Crippen molar-refractivity contribution in [3.63, 3.8) is 0 Å². The molecule has 0 saturated heterocycles. The maximum absolute atomic E-state index is 13.5. The molecule has 1 atom stereocenters. The topological polar surface area (TPSA) is 80.9 Å². The lowest BCUT2D eigenvalue weighted by Gasteiger charge is -2.09. The fourth-order valence-electron chi connectivity index (χ4n) is 1.53. The number of hydrogen-bond donors (Lipinski definition) is 1. The van der Waals surface area contributed by atoms with E-state index >= 15 is 0 Å². The molecule has 0 bridgehead atoms. The third-order valence-electron chi connectivity index (χ3n) is 2.59. The number of rotatable bonds is 4. The fraction of sp³-hybridized carbons (Fsp3) is 0.273. The van der Waals surface area contributed by atoms with Crippen molar-refractivity contribution < 1.29 is 14.3 Å². The number of benzene rings is 1.